The van der Waals surface area contributed by atoms with E-state index in [-0.39, 0.29) is 0 Å². The molecule has 1 unspecified atom stereocenters. The first-order chi connectivity index (χ1) is 6.68. The Morgan fingerprint density at radius 2 is 2.00 bits per heavy atom. The molecule has 82 valence electrons. The summed E-state index contributed by atoms with van der Waals surface area (Å²) >= 11 is 1.50. The topological polar surface area (TPSA) is 64.1 Å². The molecule has 0 aliphatic heterocycles. The molecule has 1 atom stereocenters. The molecule has 0 saturated heterocycles. The van der Waals surface area contributed by atoms with Crippen LogP contribution < -0.4 is 16.8 Å². The van der Waals surface area contributed by atoms with Crippen LogP contribution in [0.4, 0.5) is 0 Å². The van der Waals surface area contributed by atoms with Gasteiger partial charge in [-0.1, -0.05) is 19.3 Å². The Morgan fingerprint density at radius 3 is 2.57 bits per heavy atom. The summed E-state index contributed by atoms with van der Waals surface area (Å²) in [5, 5.41) is 4.25. The van der Waals surface area contributed by atoms with Crippen LogP contribution >= 0.6 is 0 Å². The predicted molar refractivity (Wildman–Crippen MR) is 64.8 cm³/mol. The lowest BCUT2D eigenvalue weighted by molar-refractivity contribution is 0.342. The van der Waals surface area contributed by atoms with Crippen LogP contribution in [0.15, 0.2) is 0 Å². The predicted octanol–water partition coefficient (Wildman–Crippen LogP) is 0.590. The molecule has 0 aromatic carbocycles. The van der Waals surface area contributed by atoms with Gasteiger partial charge in [0.25, 0.3) is 0 Å². The molecule has 14 heavy (non-hydrogen) atoms. The van der Waals surface area contributed by atoms with E-state index in [1.807, 2.05) is 0 Å². The second-order valence-electron chi connectivity index (χ2n) is 4.07. The van der Waals surface area contributed by atoms with Crippen LogP contribution in [0, 0.1) is 5.92 Å². The average Bonchev–Trinajstić information content (AvgIpc) is 2.15. The third-order valence-electron chi connectivity index (χ3n) is 2.73. The molecule has 1 aliphatic carbocycles. The Morgan fingerprint density at radius 1 is 1.36 bits per heavy atom. The van der Waals surface area contributed by atoms with Crippen LogP contribution in [0.2, 0.25) is 0 Å². The largest absolute Gasteiger partial charge is 0.316 e. The quantitative estimate of drug-likeness (QED) is 0.366. The number of hydrogen-bond donors (Lipinski definition) is 3. The van der Waals surface area contributed by atoms with Crippen molar-refractivity contribution in [3.05, 3.63) is 0 Å². The van der Waals surface area contributed by atoms with E-state index >= 15 is 0 Å². The lowest BCUT2D eigenvalue weighted by Gasteiger charge is -2.21. The average molecular weight is 216 g/mol. The summed E-state index contributed by atoms with van der Waals surface area (Å²) in [6, 6.07) is 0. The van der Waals surface area contributed by atoms with E-state index in [2.05, 4.69) is 12.2 Å². The monoisotopic (exact) mass is 216 g/mol. The maximum atomic E-state index is 5.42. The molecule has 1 aliphatic rings. The Labute approximate surface area is 90.6 Å². The van der Waals surface area contributed by atoms with Gasteiger partial charge in [-0.2, -0.15) is 0 Å². The maximum absolute atomic E-state index is 5.42. The molecule has 1 fully saturated rings. The highest BCUT2D eigenvalue weighted by molar-refractivity contribution is 7.79. The van der Waals surface area contributed by atoms with Crippen molar-refractivity contribution in [3.63, 3.8) is 0 Å². The van der Waals surface area contributed by atoms with E-state index in [1.54, 1.807) is 0 Å². The van der Waals surface area contributed by atoms with Gasteiger partial charge in [0.15, 0.2) is 0 Å². The number of hydrogen-bond acceptors (Lipinski definition) is 1. The van der Waals surface area contributed by atoms with Gasteiger partial charge in [0, 0.05) is 13.5 Å². The molecule has 0 bridgehead atoms. The van der Waals surface area contributed by atoms with Gasteiger partial charge in [-0.15, -0.1) is 0 Å². The number of rotatable bonds is 4. The van der Waals surface area contributed by atoms with E-state index in [1.165, 1.54) is 43.5 Å². The van der Waals surface area contributed by atoms with Crippen molar-refractivity contribution in [1.29, 1.82) is 0 Å². The van der Waals surface area contributed by atoms with Gasteiger partial charge < -0.3 is 0 Å². The third kappa shape index (κ3) is 5.00. The van der Waals surface area contributed by atoms with E-state index in [4.69, 9.17) is 11.5 Å². The van der Waals surface area contributed by atoms with E-state index in [9.17, 15) is 0 Å². The second-order valence-corrected chi connectivity index (χ2v) is 5.49. The molecule has 0 aromatic heterocycles. The molecular weight excluding hydrogens is 194 g/mol. The minimum Gasteiger partial charge on any atom is -0.264 e. The summed E-state index contributed by atoms with van der Waals surface area (Å²) in [6.45, 7) is 3.22. The Bertz CT molecular complexity index is 184. The van der Waals surface area contributed by atoms with Crippen molar-refractivity contribution in [2.75, 3.05) is 6.54 Å². The molecule has 1 rings (SSSR count). The van der Waals surface area contributed by atoms with Crippen LogP contribution in [0.1, 0.15) is 39.0 Å². The fraction of sp³-hybridized carbons (Fsp3) is 0.900. The molecule has 4 heteroatoms. The highest BCUT2D eigenvalue weighted by atomic mass is 32.1. The normalized spacial score (nSPS) is 20.5. The summed E-state index contributed by atoms with van der Waals surface area (Å²) < 4.78 is 0. The molecule has 0 heterocycles. The summed E-state index contributed by atoms with van der Waals surface area (Å²) in [4.78, 5) is 0. The summed E-state index contributed by atoms with van der Waals surface area (Å²) in [6.07, 6.45) is 6.99. The smallest absolute Gasteiger partial charge is 0.264 e. The third-order valence-corrected chi connectivity index (χ3v) is 3.52. The zero-order valence-corrected chi connectivity index (χ0v) is 9.78. The highest BCUT2D eigenvalue weighted by Gasteiger charge is 2.17. The molecule has 5 N–H and O–H groups in total. The highest BCUT2D eigenvalue weighted by Crippen LogP contribution is 2.22. The molecular formula is C10H22N3S+. The van der Waals surface area contributed by atoms with Gasteiger partial charge in [-0.25, -0.2) is 11.5 Å². The van der Waals surface area contributed by atoms with Gasteiger partial charge >= 0.3 is 5.11 Å². The lowest BCUT2D eigenvalue weighted by Crippen LogP contribution is -2.35. The Balaban J connectivity index is 2.15. The van der Waals surface area contributed by atoms with Crippen LogP contribution in [0.5, 0.6) is 0 Å². The standard InChI is InChI=1S/C10H22N3S/c1-8(14-10(11)12)13-7-9-5-3-2-4-6-9/h8-9,13H,2-7,11-12H2,1H3/q+1. The van der Waals surface area contributed by atoms with E-state index < -0.39 is 0 Å². The molecule has 0 aromatic rings. The van der Waals surface area contributed by atoms with Gasteiger partial charge in [-0.3, -0.25) is 5.32 Å². The molecule has 0 spiro atoms. The Kier molecular flexibility index (Phi) is 5.55. The Hall–Kier alpha value is -0.0300. The van der Waals surface area contributed by atoms with Crippen molar-refractivity contribution >= 4 is 16.5 Å². The van der Waals surface area contributed by atoms with Crippen molar-refractivity contribution in [1.82, 2.24) is 5.32 Å². The first-order valence-electron chi connectivity index (χ1n) is 5.46. The zero-order valence-electron chi connectivity index (χ0n) is 8.96. The number of nitrogens with one attached hydrogen (secondary N) is 1. The van der Waals surface area contributed by atoms with Crippen LogP contribution in [0.3, 0.4) is 0 Å². The minimum atomic E-state index is 0.335. The van der Waals surface area contributed by atoms with Crippen molar-refractivity contribution < 1.29 is 0 Å². The fourth-order valence-corrected chi connectivity index (χ4v) is 2.56. The minimum absolute atomic E-state index is 0.335. The van der Waals surface area contributed by atoms with Crippen molar-refractivity contribution in [3.8, 4) is 0 Å². The van der Waals surface area contributed by atoms with Crippen LogP contribution in [0.25, 0.3) is 0 Å². The summed E-state index contributed by atoms with van der Waals surface area (Å²) in [7, 11) is 0. The van der Waals surface area contributed by atoms with Gasteiger partial charge in [0.05, 0.1) is 0 Å². The lowest BCUT2D eigenvalue weighted by atomic mass is 9.89. The first kappa shape index (κ1) is 12.0. The van der Waals surface area contributed by atoms with Gasteiger partial charge in [0.1, 0.15) is 0 Å². The summed E-state index contributed by atoms with van der Waals surface area (Å²) in [5.41, 5.74) is 10.8. The maximum Gasteiger partial charge on any atom is 0.316 e. The van der Waals surface area contributed by atoms with Gasteiger partial charge in [-0.05, 0) is 18.8 Å². The summed E-state index contributed by atoms with van der Waals surface area (Å²) in [5.74, 6) is 0.866. The number of nitrogens with two attached hydrogens (primary N) is 2. The van der Waals surface area contributed by atoms with Crippen molar-refractivity contribution in [2.45, 2.75) is 44.4 Å². The van der Waals surface area contributed by atoms with E-state index in [0.717, 1.165) is 12.5 Å². The second kappa shape index (κ2) is 6.45. The zero-order chi connectivity index (χ0) is 10.4. The van der Waals surface area contributed by atoms with E-state index in [0.29, 0.717) is 10.5 Å². The van der Waals surface area contributed by atoms with Crippen LogP contribution in [-0.4, -0.2) is 17.0 Å². The fourth-order valence-electron chi connectivity index (χ4n) is 1.97. The molecule has 3 nitrogen and oxygen atoms in total. The van der Waals surface area contributed by atoms with Gasteiger partial charge in [0.2, 0.25) is 16.7 Å². The van der Waals surface area contributed by atoms with Crippen LogP contribution in [-0.2, 0) is 11.4 Å². The first-order valence-corrected chi connectivity index (χ1v) is 6.34. The molecule has 0 radical (unpaired) electrons. The van der Waals surface area contributed by atoms with Crippen molar-refractivity contribution in [2.24, 2.45) is 17.4 Å². The SMILES string of the molecule is CC(NCC1CCCCC1)[S+]=C(N)N. The molecule has 1 saturated carbocycles. The molecule has 0 amide bonds.